The normalized spacial score (nSPS) is 10.5. The Morgan fingerprint density at radius 3 is 2.87 bits per heavy atom. The molecule has 0 saturated heterocycles. The lowest BCUT2D eigenvalue weighted by Gasteiger charge is -2.07. The number of unbranched alkanes of at least 4 members (excludes halogenated alkanes) is 2. The van der Waals surface area contributed by atoms with Gasteiger partial charge in [0.25, 0.3) is 11.9 Å². The number of nitrogens with zero attached hydrogens (tertiary/aromatic N) is 4. The van der Waals surface area contributed by atoms with Crippen LogP contribution >= 0.6 is 0 Å². The topological polar surface area (TPSA) is 81.9 Å². The molecule has 0 aliphatic rings. The van der Waals surface area contributed by atoms with Crippen LogP contribution in [-0.4, -0.2) is 32.7 Å². The molecule has 0 fully saturated rings. The van der Waals surface area contributed by atoms with Crippen molar-refractivity contribution in [3.63, 3.8) is 0 Å². The molecule has 0 aliphatic heterocycles. The van der Waals surface area contributed by atoms with Crippen molar-refractivity contribution in [2.45, 2.75) is 46.1 Å². The molecule has 2 rings (SSSR count). The summed E-state index contributed by atoms with van der Waals surface area (Å²) in [5.74, 6) is 0.620. The highest BCUT2D eigenvalue weighted by atomic mass is 16.5. The molecule has 1 amide bonds. The van der Waals surface area contributed by atoms with Crippen LogP contribution < -0.4 is 10.1 Å². The van der Waals surface area contributed by atoms with Crippen molar-refractivity contribution in [3.8, 4) is 5.75 Å². The molecule has 0 atom stereocenters. The summed E-state index contributed by atoms with van der Waals surface area (Å²) in [4.78, 5) is 13.7. The third-order valence-corrected chi connectivity index (χ3v) is 3.25. The van der Waals surface area contributed by atoms with E-state index in [2.05, 4.69) is 34.6 Å². The van der Waals surface area contributed by atoms with E-state index in [1.807, 2.05) is 6.07 Å². The molecule has 1 aromatic heterocycles. The van der Waals surface area contributed by atoms with E-state index in [0.717, 1.165) is 25.7 Å². The molecule has 0 radical (unpaired) electrons. The molecule has 2 aromatic rings. The second-order valence-electron chi connectivity index (χ2n) is 5.25. The Bertz CT molecular complexity index is 626. The Morgan fingerprint density at radius 1 is 1.26 bits per heavy atom. The van der Waals surface area contributed by atoms with Crippen LogP contribution in [0, 0.1) is 0 Å². The maximum atomic E-state index is 12.2. The number of hydrogen-bond acceptors (Lipinski definition) is 5. The summed E-state index contributed by atoms with van der Waals surface area (Å²) < 4.78 is 5.61. The molecule has 1 aromatic carbocycles. The van der Waals surface area contributed by atoms with E-state index in [1.54, 1.807) is 18.2 Å². The van der Waals surface area contributed by atoms with E-state index in [1.165, 1.54) is 4.80 Å². The fourth-order valence-electron chi connectivity index (χ4n) is 1.92. The standard InChI is InChI=1S/C16H23N5O2/c1-3-5-10-21-19-16(18-20-21)17-15(22)13-8-7-9-14(12-13)23-11-6-4-2/h7-9,12H,3-6,10-11H2,1-2H3,(H,17,19,22). The number of carbonyl (C=O) groups excluding carboxylic acids is 1. The number of rotatable bonds is 9. The number of benzene rings is 1. The Balaban J connectivity index is 1.94. The van der Waals surface area contributed by atoms with Gasteiger partial charge in [-0.2, -0.15) is 4.80 Å². The van der Waals surface area contributed by atoms with E-state index < -0.39 is 0 Å². The van der Waals surface area contributed by atoms with Gasteiger partial charge in [0.05, 0.1) is 13.2 Å². The zero-order valence-electron chi connectivity index (χ0n) is 13.7. The van der Waals surface area contributed by atoms with E-state index in [-0.39, 0.29) is 11.9 Å². The highest BCUT2D eigenvalue weighted by Gasteiger charge is 2.10. The van der Waals surface area contributed by atoms with Crippen molar-refractivity contribution in [3.05, 3.63) is 29.8 Å². The molecule has 124 valence electrons. The van der Waals surface area contributed by atoms with Crippen molar-refractivity contribution < 1.29 is 9.53 Å². The Hall–Kier alpha value is -2.44. The first-order chi connectivity index (χ1) is 11.2. The van der Waals surface area contributed by atoms with Gasteiger partial charge in [0, 0.05) is 5.56 Å². The number of nitrogens with one attached hydrogen (secondary N) is 1. The minimum atomic E-state index is -0.277. The van der Waals surface area contributed by atoms with Gasteiger partial charge in [-0.3, -0.25) is 10.1 Å². The Morgan fingerprint density at radius 2 is 2.09 bits per heavy atom. The molecule has 1 N–H and O–H groups in total. The molecule has 7 nitrogen and oxygen atoms in total. The fourth-order valence-corrected chi connectivity index (χ4v) is 1.92. The molecule has 0 aliphatic carbocycles. The zero-order valence-corrected chi connectivity index (χ0v) is 13.7. The van der Waals surface area contributed by atoms with E-state index in [0.29, 0.717) is 24.5 Å². The summed E-state index contributed by atoms with van der Waals surface area (Å²) in [6, 6.07) is 7.07. The van der Waals surface area contributed by atoms with Crippen LogP contribution in [0.25, 0.3) is 0 Å². The first kappa shape index (κ1) is 16.9. The molecule has 7 heteroatoms. The molecule has 23 heavy (non-hydrogen) atoms. The monoisotopic (exact) mass is 317 g/mol. The Kier molecular flexibility index (Phi) is 6.53. The van der Waals surface area contributed by atoms with Gasteiger partial charge in [-0.1, -0.05) is 37.9 Å². The Labute approximate surface area is 136 Å². The van der Waals surface area contributed by atoms with Crippen LogP contribution in [-0.2, 0) is 6.54 Å². The minimum Gasteiger partial charge on any atom is -0.494 e. The van der Waals surface area contributed by atoms with Crippen LogP contribution in [0.3, 0.4) is 0 Å². The maximum Gasteiger partial charge on any atom is 0.270 e. The molecule has 0 bridgehead atoms. The predicted octanol–water partition coefficient (Wildman–Crippen LogP) is 2.90. The summed E-state index contributed by atoms with van der Waals surface area (Å²) in [6.07, 6.45) is 4.08. The number of aryl methyl sites for hydroxylation is 1. The lowest BCUT2D eigenvalue weighted by atomic mass is 10.2. The lowest BCUT2D eigenvalue weighted by molar-refractivity contribution is 0.102. The van der Waals surface area contributed by atoms with Gasteiger partial charge >= 0.3 is 0 Å². The van der Waals surface area contributed by atoms with Gasteiger partial charge < -0.3 is 4.74 Å². The molecular weight excluding hydrogens is 294 g/mol. The first-order valence-corrected chi connectivity index (χ1v) is 8.05. The SMILES string of the molecule is CCCCOc1cccc(C(=O)Nc2nnn(CCCC)n2)c1. The lowest BCUT2D eigenvalue weighted by Crippen LogP contribution is -2.13. The second kappa shape index (κ2) is 8.87. The maximum absolute atomic E-state index is 12.2. The third-order valence-electron chi connectivity index (χ3n) is 3.25. The van der Waals surface area contributed by atoms with Crippen molar-refractivity contribution in [2.24, 2.45) is 0 Å². The van der Waals surface area contributed by atoms with Gasteiger partial charge in [0.2, 0.25) is 0 Å². The van der Waals surface area contributed by atoms with Crippen molar-refractivity contribution in [2.75, 3.05) is 11.9 Å². The van der Waals surface area contributed by atoms with E-state index in [4.69, 9.17) is 4.74 Å². The number of tetrazole rings is 1. The highest BCUT2D eigenvalue weighted by molar-refractivity contribution is 6.03. The van der Waals surface area contributed by atoms with Gasteiger partial charge in [-0.25, -0.2) is 0 Å². The zero-order chi connectivity index (χ0) is 16.5. The molecular formula is C16H23N5O2. The predicted molar refractivity (Wildman–Crippen MR) is 87.5 cm³/mol. The van der Waals surface area contributed by atoms with Crippen molar-refractivity contribution in [1.29, 1.82) is 0 Å². The van der Waals surface area contributed by atoms with Gasteiger partial charge in [0.15, 0.2) is 0 Å². The molecule has 0 spiro atoms. The fraction of sp³-hybridized carbons (Fsp3) is 0.500. The average molecular weight is 317 g/mol. The first-order valence-electron chi connectivity index (χ1n) is 8.05. The number of carbonyl (C=O) groups is 1. The average Bonchev–Trinajstić information content (AvgIpc) is 3.01. The second-order valence-corrected chi connectivity index (χ2v) is 5.25. The quantitative estimate of drug-likeness (QED) is 0.719. The number of anilines is 1. The van der Waals surface area contributed by atoms with Gasteiger partial charge in [-0.15, -0.1) is 5.10 Å². The van der Waals surface area contributed by atoms with E-state index >= 15 is 0 Å². The van der Waals surface area contributed by atoms with Crippen molar-refractivity contribution >= 4 is 11.9 Å². The highest BCUT2D eigenvalue weighted by Crippen LogP contribution is 2.14. The third kappa shape index (κ3) is 5.36. The summed E-state index contributed by atoms with van der Waals surface area (Å²) in [5.41, 5.74) is 0.504. The number of ether oxygens (including phenoxy) is 1. The van der Waals surface area contributed by atoms with Crippen LogP contribution in [0.1, 0.15) is 49.9 Å². The largest absolute Gasteiger partial charge is 0.494 e. The van der Waals surface area contributed by atoms with Gasteiger partial charge in [-0.05, 0) is 36.3 Å². The summed E-state index contributed by atoms with van der Waals surface area (Å²) in [7, 11) is 0. The van der Waals surface area contributed by atoms with Crippen LogP contribution in [0.4, 0.5) is 5.95 Å². The molecule has 1 heterocycles. The van der Waals surface area contributed by atoms with E-state index in [9.17, 15) is 4.79 Å². The number of aromatic nitrogens is 4. The molecule has 0 saturated carbocycles. The van der Waals surface area contributed by atoms with Crippen molar-refractivity contribution in [1.82, 2.24) is 20.2 Å². The van der Waals surface area contributed by atoms with Crippen LogP contribution in [0.2, 0.25) is 0 Å². The van der Waals surface area contributed by atoms with Crippen LogP contribution in [0.15, 0.2) is 24.3 Å². The summed E-state index contributed by atoms with van der Waals surface area (Å²) in [6.45, 7) is 5.54. The summed E-state index contributed by atoms with van der Waals surface area (Å²) >= 11 is 0. The molecule has 0 unspecified atom stereocenters. The summed E-state index contributed by atoms with van der Waals surface area (Å²) in [5, 5.41) is 14.5. The van der Waals surface area contributed by atoms with Gasteiger partial charge in [0.1, 0.15) is 5.75 Å². The minimum absolute atomic E-state index is 0.211. The number of hydrogen-bond donors (Lipinski definition) is 1. The number of amides is 1. The smallest absolute Gasteiger partial charge is 0.270 e. The van der Waals surface area contributed by atoms with Crippen LogP contribution in [0.5, 0.6) is 5.75 Å².